The number of ether oxygens (including phenoxy) is 1. The number of hydrogen-bond acceptors (Lipinski definition) is 5. The Hall–Kier alpha value is -2.77. The molecule has 1 aromatic carbocycles. The number of carbonyl (C=O) groups excluding carboxylic acids is 2. The Bertz CT molecular complexity index is 948. The van der Waals surface area contributed by atoms with Crippen molar-refractivity contribution >= 4 is 17.6 Å². The van der Waals surface area contributed by atoms with Gasteiger partial charge in [-0.25, -0.2) is 4.98 Å². The van der Waals surface area contributed by atoms with Gasteiger partial charge in [0.15, 0.2) is 0 Å². The number of carbonyl (C=O) groups is 2. The van der Waals surface area contributed by atoms with Gasteiger partial charge in [-0.1, -0.05) is 30.3 Å². The van der Waals surface area contributed by atoms with E-state index >= 15 is 0 Å². The highest BCUT2D eigenvalue weighted by Gasteiger charge is 2.31. The molecule has 5 rings (SSSR count). The van der Waals surface area contributed by atoms with Gasteiger partial charge in [0.1, 0.15) is 11.9 Å². The molecule has 2 unspecified atom stereocenters. The largest absolute Gasteiger partial charge is 0.381 e. The molecule has 3 aliphatic rings. The first-order valence-electron chi connectivity index (χ1n) is 11.1. The summed E-state index contributed by atoms with van der Waals surface area (Å²) in [7, 11) is 0. The molecule has 0 spiro atoms. The lowest BCUT2D eigenvalue weighted by Crippen LogP contribution is -2.41. The number of rotatable bonds is 4. The summed E-state index contributed by atoms with van der Waals surface area (Å²) in [6, 6.07) is 11.6. The van der Waals surface area contributed by atoms with E-state index in [9.17, 15) is 9.59 Å². The Morgan fingerprint density at radius 1 is 1.10 bits per heavy atom. The van der Waals surface area contributed by atoms with E-state index in [2.05, 4.69) is 15.6 Å². The highest BCUT2D eigenvalue weighted by molar-refractivity contribution is 5.95. The van der Waals surface area contributed by atoms with Crippen LogP contribution in [0.15, 0.2) is 42.6 Å². The van der Waals surface area contributed by atoms with Crippen LogP contribution in [0.25, 0.3) is 0 Å². The van der Waals surface area contributed by atoms with Crippen LogP contribution in [0.5, 0.6) is 0 Å². The summed E-state index contributed by atoms with van der Waals surface area (Å²) >= 11 is 0. The van der Waals surface area contributed by atoms with Crippen molar-refractivity contribution in [2.24, 2.45) is 5.92 Å². The summed E-state index contributed by atoms with van der Waals surface area (Å²) in [5, 5.41) is 6.19. The monoisotopic (exact) mass is 420 g/mol. The van der Waals surface area contributed by atoms with Gasteiger partial charge in [0.25, 0.3) is 0 Å². The summed E-state index contributed by atoms with van der Waals surface area (Å²) in [6.45, 7) is 3.54. The molecule has 0 saturated carbocycles. The second-order valence-corrected chi connectivity index (χ2v) is 8.64. The lowest BCUT2D eigenvalue weighted by molar-refractivity contribution is -0.136. The van der Waals surface area contributed by atoms with Gasteiger partial charge in [0.2, 0.25) is 11.8 Å². The first-order chi connectivity index (χ1) is 15.2. The minimum absolute atomic E-state index is 0.0439. The number of anilines is 1. The van der Waals surface area contributed by atoms with Gasteiger partial charge in [-0.15, -0.1) is 0 Å². The summed E-state index contributed by atoms with van der Waals surface area (Å²) in [5.74, 6) is 1.16. The van der Waals surface area contributed by atoms with E-state index in [4.69, 9.17) is 4.74 Å². The fourth-order valence-corrected chi connectivity index (χ4v) is 4.87. The van der Waals surface area contributed by atoms with Crippen LogP contribution in [0, 0.1) is 5.92 Å². The van der Waals surface area contributed by atoms with Crippen molar-refractivity contribution in [3.63, 3.8) is 0 Å². The molecule has 2 atom stereocenters. The highest BCUT2D eigenvalue weighted by Crippen LogP contribution is 2.30. The second kappa shape index (κ2) is 8.77. The lowest BCUT2D eigenvalue weighted by atomic mass is 9.90. The van der Waals surface area contributed by atoms with Gasteiger partial charge in [-0.2, -0.15) is 0 Å². The Morgan fingerprint density at radius 3 is 2.68 bits per heavy atom. The van der Waals surface area contributed by atoms with Gasteiger partial charge in [-0.3, -0.25) is 14.9 Å². The molecule has 3 aliphatic heterocycles. The van der Waals surface area contributed by atoms with Gasteiger partial charge in [0.05, 0.1) is 12.5 Å². The molecule has 162 valence electrons. The van der Waals surface area contributed by atoms with Crippen molar-refractivity contribution in [3.05, 3.63) is 59.3 Å². The lowest BCUT2D eigenvalue weighted by Gasteiger charge is -2.33. The smallest absolute Gasteiger partial charge is 0.247 e. The molecule has 0 aliphatic carbocycles. The standard InChI is InChI=1S/C24H28N4O3/c29-23(22-20-4-2-1-3-18(20)14-26-22)27-21-6-5-17(13-25-21)16-7-10-28(11-8-16)24(30)19-9-12-31-15-19/h1-6,13,16,19,22,26H,7-12,14-15H2,(H,25,27,29). The summed E-state index contributed by atoms with van der Waals surface area (Å²) < 4.78 is 5.36. The number of amides is 2. The quantitative estimate of drug-likeness (QED) is 0.795. The first-order valence-corrected chi connectivity index (χ1v) is 11.1. The molecule has 0 bridgehead atoms. The summed E-state index contributed by atoms with van der Waals surface area (Å²) in [6.07, 6.45) is 4.58. The molecule has 31 heavy (non-hydrogen) atoms. The minimum atomic E-state index is -0.343. The molecule has 2 saturated heterocycles. The van der Waals surface area contributed by atoms with Crippen LogP contribution >= 0.6 is 0 Å². The average Bonchev–Trinajstić information content (AvgIpc) is 3.50. The number of nitrogens with one attached hydrogen (secondary N) is 2. The zero-order valence-electron chi connectivity index (χ0n) is 17.5. The second-order valence-electron chi connectivity index (χ2n) is 8.64. The van der Waals surface area contributed by atoms with Crippen molar-refractivity contribution in [2.45, 2.75) is 37.8 Å². The van der Waals surface area contributed by atoms with E-state index in [0.29, 0.717) is 31.5 Å². The first kappa shape index (κ1) is 20.2. The van der Waals surface area contributed by atoms with Crippen molar-refractivity contribution in [1.29, 1.82) is 0 Å². The van der Waals surface area contributed by atoms with Crippen LogP contribution in [0.2, 0.25) is 0 Å². The van der Waals surface area contributed by atoms with E-state index in [0.717, 1.165) is 43.5 Å². The molecule has 7 nitrogen and oxygen atoms in total. The van der Waals surface area contributed by atoms with Crippen LogP contribution in [0.4, 0.5) is 5.82 Å². The van der Waals surface area contributed by atoms with Gasteiger partial charge in [0, 0.05) is 32.4 Å². The molecule has 1 aromatic heterocycles. The third-order valence-corrected chi connectivity index (χ3v) is 6.72. The maximum atomic E-state index is 12.7. The fourth-order valence-electron chi connectivity index (χ4n) is 4.87. The predicted octanol–water partition coefficient (Wildman–Crippen LogP) is 2.61. The Balaban J connectivity index is 1.16. The summed E-state index contributed by atoms with van der Waals surface area (Å²) in [5.41, 5.74) is 3.36. The zero-order chi connectivity index (χ0) is 21.2. The molecule has 7 heteroatoms. The average molecular weight is 421 g/mol. The van der Waals surface area contributed by atoms with Crippen LogP contribution in [0.1, 0.15) is 47.9 Å². The van der Waals surface area contributed by atoms with Crippen LogP contribution in [0.3, 0.4) is 0 Å². The van der Waals surface area contributed by atoms with E-state index in [-0.39, 0.29) is 23.8 Å². The molecule has 2 N–H and O–H groups in total. The van der Waals surface area contributed by atoms with E-state index in [1.165, 1.54) is 5.56 Å². The molecule has 0 radical (unpaired) electrons. The van der Waals surface area contributed by atoms with Crippen LogP contribution in [-0.2, 0) is 20.9 Å². The number of fused-ring (bicyclic) bond motifs is 1. The Labute approximate surface area is 182 Å². The predicted molar refractivity (Wildman–Crippen MR) is 116 cm³/mol. The number of likely N-dealkylation sites (tertiary alicyclic amines) is 1. The number of benzene rings is 1. The molecule has 2 aromatic rings. The minimum Gasteiger partial charge on any atom is -0.381 e. The zero-order valence-corrected chi connectivity index (χ0v) is 17.5. The Morgan fingerprint density at radius 2 is 1.94 bits per heavy atom. The Kier molecular flexibility index (Phi) is 5.70. The molecule has 2 amide bonds. The normalized spacial score (nSPS) is 23.5. The van der Waals surface area contributed by atoms with Crippen LogP contribution in [-0.4, -0.2) is 48.0 Å². The van der Waals surface area contributed by atoms with E-state index in [1.54, 1.807) is 0 Å². The topological polar surface area (TPSA) is 83.6 Å². The van der Waals surface area contributed by atoms with Gasteiger partial charge >= 0.3 is 0 Å². The van der Waals surface area contributed by atoms with Crippen molar-refractivity contribution in [1.82, 2.24) is 15.2 Å². The molecule has 4 heterocycles. The number of pyridine rings is 1. The van der Waals surface area contributed by atoms with Crippen molar-refractivity contribution in [2.75, 3.05) is 31.6 Å². The number of piperidine rings is 1. The number of aromatic nitrogens is 1. The summed E-state index contributed by atoms with van der Waals surface area (Å²) in [4.78, 5) is 31.8. The maximum absolute atomic E-state index is 12.7. The number of hydrogen-bond donors (Lipinski definition) is 2. The van der Waals surface area contributed by atoms with Gasteiger partial charge < -0.3 is 15.0 Å². The number of nitrogens with zero attached hydrogens (tertiary/aromatic N) is 2. The third-order valence-electron chi connectivity index (χ3n) is 6.72. The van der Waals surface area contributed by atoms with Crippen molar-refractivity contribution in [3.8, 4) is 0 Å². The van der Waals surface area contributed by atoms with E-state index in [1.807, 2.05) is 47.5 Å². The SMILES string of the molecule is O=C(Nc1ccc(C2CCN(C(=O)C3CCOC3)CC2)cn1)C1NCc2ccccc21. The van der Waals surface area contributed by atoms with Gasteiger partial charge in [-0.05, 0) is 47.9 Å². The fraction of sp³-hybridized carbons (Fsp3) is 0.458. The van der Waals surface area contributed by atoms with Crippen LogP contribution < -0.4 is 10.6 Å². The van der Waals surface area contributed by atoms with E-state index < -0.39 is 0 Å². The third kappa shape index (κ3) is 4.20. The molecular weight excluding hydrogens is 392 g/mol. The molecular formula is C24H28N4O3. The molecule has 2 fully saturated rings. The van der Waals surface area contributed by atoms with Crippen molar-refractivity contribution < 1.29 is 14.3 Å². The highest BCUT2D eigenvalue weighted by atomic mass is 16.5. The maximum Gasteiger partial charge on any atom is 0.247 e.